The van der Waals surface area contributed by atoms with Crippen LogP contribution >= 0.6 is 0 Å². The van der Waals surface area contributed by atoms with Crippen LogP contribution in [0.15, 0.2) is 59.6 Å². The fourth-order valence-electron chi connectivity index (χ4n) is 1.58. The number of amidine groups is 1. The fraction of sp³-hybridized carbons (Fsp3) is 0.133. The van der Waals surface area contributed by atoms with Gasteiger partial charge in [-0.15, -0.1) is 0 Å². The van der Waals surface area contributed by atoms with Crippen molar-refractivity contribution in [3.8, 4) is 0 Å². The minimum absolute atomic E-state index is 0.592. The van der Waals surface area contributed by atoms with Crippen molar-refractivity contribution in [2.45, 2.75) is 13.5 Å². The quantitative estimate of drug-likeness (QED) is 0.632. The Balaban J connectivity index is 2.10. The molecule has 0 heterocycles. The van der Waals surface area contributed by atoms with Crippen molar-refractivity contribution in [3.05, 3.63) is 71.3 Å². The third-order valence-electron chi connectivity index (χ3n) is 2.62. The maximum Gasteiger partial charge on any atom is 0.125 e. The molecular formula is C15H16N2. The van der Waals surface area contributed by atoms with Crippen molar-refractivity contribution in [2.24, 2.45) is 10.7 Å². The molecule has 0 aliphatic carbocycles. The van der Waals surface area contributed by atoms with E-state index in [0.29, 0.717) is 12.4 Å². The molecule has 2 aromatic rings. The zero-order chi connectivity index (χ0) is 12.1. The monoisotopic (exact) mass is 224 g/mol. The number of nitrogens with two attached hydrogens (primary N) is 1. The van der Waals surface area contributed by atoms with Gasteiger partial charge in [0.15, 0.2) is 0 Å². The summed E-state index contributed by atoms with van der Waals surface area (Å²) in [5, 5.41) is 0. The molecule has 0 saturated carbocycles. The largest absolute Gasteiger partial charge is 0.383 e. The predicted molar refractivity (Wildman–Crippen MR) is 72.0 cm³/mol. The molecule has 2 N–H and O–H groups in total. The van der Waals surface area contributed by atoms with E-state index in [1.165, 1.54) is 11.1 Å². The van der Waals surface area contributed by atoms with E-state index < -0.39 is 0 Å². The molecule has 0 bridgehead atoms. The number of hydrogen-bond donors (Lipinski definition) is 1. The summed E-state index contributed by atoms with van der Waals surface area (Å²) in [6.07, 6.45) is 0. The van der Waals surface area contributed by atoms with Gasteiger partial charge in [0.1, 0.15) is 5.84 Å². The molecule has 2 heteroatoms. The Morgan fingerprint density at radius 3 is 2.29 bits per heavy atom. The smallest absolute Gasteiger partial charge is 0.125 e. The summed E-state index contributed by atoms with van der Waals surface area (Å²) in [4.78, 5) is 4.39. The molecular weight excluding hydrogens is 208 g/mol. The van der Waals surface area contributed by atoms with Crippen molar-refractivity contribution in [1.29, 1.82) is 0 Å². The molecule has 2 aromatic carbocycles. The van der Waals surface area contributed by atoms with E-state index in [1.807, 2.05) is 54.6 Å². The standard InChI is InChI=1S/C15H16N2/c1-12-7-9-14(10-8-12)15(16)17-11-13-5-3-2-4-6-13/h2-10H,11H2,1H3,(H2,16,17). The van der Waals surface area contributed by atoms with E-state index in [9.17, 15) is 0 Å². The highest BCUT2D eigenvalue weighted by Crippen LogP contribution is 2.05. The molecule has 0 aromatic heterocycles. The topological polar surface area (TPSA) is 38.4 Å². The van der Waals surface area contributed by atoms with Crippen LogP contribution in [0.25, 0.3) is 0 Å². The average Bonchev–Trinajstić information content (AvgIpc) is 2.38. The zero-order valence-electron chi connectivity index (χ0n) is 9.93. The molecule has 0 amide bonds. The first kappa shape index (κ1) is 11.4. The van der Waals surface area contributed by atoms with E-state index in [1.54, 1.807) is 0 Å². The first-order valence-corrected chi connectivity index (χ1v) is 5.66. The highest BCUT2D eigenvalue weighted by atomic mass is 14.8. The summed E-state index contributed by atoms with van der Waals surface area (Å²) in [6.45, 7) is 2.68. The minimum atomic E-state index is 0.592. The lowest BCUT2D eigenvalue weighted by atomic mass is 10.1. The number of rotatable bonds is 3. The molecule has 0 aliphatic rings. The molecule has 2 rings (SSSR count). The van der Waals surface area contributed by atoms with E-state index >= 15 is 0 Å². The lowest BCUT2D eigenvalue weighted by Gasteiger charge is -2.02. The number of aliphatic imine (C=N–C) groups is 1. The van der Waals surface area contributed by atoms with Gasteiger partial charge in [0, 0.05) is 5.56 Å². The Morgan fingerprint density at radius 2 is 1.65 bits per heavy atom. The van der Waals surface area contributed by atoms with Crippen LogP contribution in [-0.4, -0.2) is 5.84 Å². The third kappa shape index (κ3) is 3.18. The molecule has 0 atom stereocenters. The molecule has 0 fully saturated rings. The minimum Gasteiger partial charge on any atom is -0.383 e. The molecule has 0 saturated heterocycles. The molecule has 0 radical (unpaired) electrons. The van der Waals surface area contributed by atoms with Gasteiger partial charge in [-0.25, -0.2) is 0 Å². The van der Waals surface area contributed by atoms with Crippen molar-refractivity contribution in [2.75, 3.05) is 0 Å². The van der Waals surface area contributed by atoms with Gasteiger partial charge in [-0.05, 0) is 12.5 Å². The van der Waals surface area contributed by atoms with Crippen LogP contribution in [0.4, 0.5) is 0 Å². The normalized spacial score (nSPS) is 11.5. The summed E-state index contributed by atoms with van der Waals surface area (Å²) in [7, 11) is 0. The van der Waals surface area contributed by atoms with Gasteiger partial charge in [0.2, 0.25) is 0 Å². The Kier molecular flexibility index (Phi) is 3.55. The van der Waals surface area contributed by atoms with E-state index in [-0.39, 0.29) is 0 Å². The van der Waals surface area contributed by atoms with Crippen LogP contribution in [0, 0.1) is 6.92 Å². The van der Waals surface area contributed by atoms with Gasteiger partial charge in [0.25, 0.3) is 0 Å². The van der Waals surface area contributed by atoms with E-state index in [2.05, 4.69) is 11.9 Å². The van der Waals surface area contributed by atoms with Crippen molar-refractivity contribution < 1.29 is 0 Å². The first-order chi connectivity index (χ1) is 8.25. The number of aryl methyl sites for hydroxylation is 1. The Morgan fingerprint density at radius 1 is 1.00 bits per heavy atom. The fourth-order valence-corrected chi connectivity index (χ4v) is 1.58. The van der Waals surface area contributed by atoms with Gasteiger partial charge in [-0.2, -0.15) is 0 Å². The van der Waals surface area contributed by atoms with E-state index in [0.717, 1.165) is 5.56 Å². The summed E-state index contributed by atoms with van der Waals surface area (Å²) in [6, 6.07) is 18.2. The molecule has 2 nitrogen and oxygen atoms in total. The maximum atomic E-state index is 5.94. The van der Waals surface area contributed by atoms with Gasteiger partial charge < -0.3 is 5.73 Å². The number of nitrogens with zero attached hydrogens (tertiary/aromatic N) is 1. The molecule has 0 aliphatic heterocycles. The van der Waals surface area contributed by atoms with Crippen LogP contribution in [0.2, 0.25) is 0 Å². The second-order valence-electron chi connectivity index (χ2n) is 4.05. The van der Waals surface area contributed by atoms with Gasteiger partial charge in [0.05, 0.1) is 6.54 Å². The van der Waals surface area contributed by atoms with Crippen LogP contribution in [0.5, 0.6) is 0 Å². The summed E-state index contributed by atoms with van der Waals surface area (Å²) < 4.78 is 0. The van der Waals surface area contributed by atoms with Crippen LogP contribution in [0.1, 0.15) is 16.7 Å². The SMILES string of the molecule is Cc1ccc(C(N)=NCc2ccccc2)cc1. The van der Waals surface area contributed by atoms with Crippen molar-refractivity contribution in [3.63, 3.8) is 0 Å². The van der Waals surface area contributed by atoms with Crippen LogP contribution in [0.3, 0.4) is 0 Å². The Bertz CT molecular complexity index is 498. The first-order valence-electron chi connectivity index (χ1n) is 5.66. The molecule has 0 spiro atoms. The second-order valence-corrected chi connectivity index (χ2v) is 4.05. The molecule has 17 heavy (non-hydrogen) atoms. The predicted octanol–water partition coefficient (Wildman–Crippen LogP) is 2.90. The van der Waals surface area contributed by atoms with Gasteiger partial charge in [-0.3, -0.25) is 4.99 Å². The number of hydrogen-bond acceptors (Lipinski definition) is 1. The lowest BCUT2D eigenvalue weighted by Crippen LogP contribution is -2.13. The zero-order valence-corrected chi connectivity index (χ0v) is 9.93. The van der Waals surface area contributed by atoms with Crippen molar-refractivity contribution >= 4 is 5.84 Å². The van der Waals surface area contributed by atoms with Gasteiger partial charge >= 0.3 is 0 Å². The summed E-state index contributed by atoms with van der Waals surface area (Å²) in [5.41, 5.74) is 9.32. The highest BCUT2D eigenvalue weighted by Gasteiger charge is 1.97. The third-order valence-corrected chi connectivity index (χ3v) is 2.62. The molecule has 86 valence electrons. The summed E-state index contributed by atoms with van der Waals surface area (Å²) in [5.74, 6) is 0.592. The highest BCUT2D eigenvalue weighted by molar-refractivity contribution is 5.97. The van der Waals surface area contributed by atoms with Crippen LogP contribution < -0.4 is 5.73 Å². The Hall–Kier alpha value is -2.09. The van der Waals surface area contributed by atoms with Crippen molar-refractivity contribution in [1.82, 2.24) is 0 Å². The number of benzene rings is 2. The summed E-state index contributed by atoms with van der Waals surface area (Å²) >= 11 is 0. The lowest BCUT2D eigenvalue weighted by molar-refractivity contribution is 1.06. The average molecular weight is 224 g/mol. The maximum absolute atomic E-state index is 5.94. The Labute approximate surface area is 102 Å². The molecule has 0 unspecified atom stereocenters. The van der Waals surface area contributed by atoms with Gasteiger partial charge in [-0.1, -0.05) is 60.2 Å². The second kappa shape index (κ2) is 5.30. The van der Waals surface area contributed by atoms with E-state index in [4.69, 9.17) is 5.73 Å². The van der Waals surface area contributed by atoms with Crippen LogP contribution in [-0.2, 0) is 6.54 Å².